The molecule has 1 amide bonds. The Morgan fingerprint density at radius 2 is 1.57 bits per heavy atom. The van der Waals surface area contributed by atoms with Gasteiger partial charge in [0.2, 0.25) is 5.91 Å². The van der Waals surface area contributed by atoms with Crippen LogP contribution in [-0.2, 0) is 19.1 Å². The summed E-state index contributed by atoms with van der Waals surface area (Å²) in [5, 5.41) is 12.0. The van der Waals surface area contributed by atoms with Gasteiger partial charge in [-0.15, -0.1) is 0 Å². The van der Waals surface area contributed by atoms with Crippen LogP contribution < -0.4 is 5.32 Å². The number of esters is 1. The summed E-state index contributed by atoms with van der Waals surface area (Å²) in [6, 6.07) is 27.0. The average Bonchev–Trinajstić information content (AvgIpc) is 2.94. The second-order valence-corrected chi connectivity index (χ2v) is 10.1. The van der Waals surface area contributed by atoms with E-state index >= 15 is 0 Å². The molecule has 1 aliphatic heterocycles. The molecular formula is C32H31ClN2O5. The van der Waals surface area contributed by atoms with Gasteiger partial charge in [-0.2, -0.15) is 0 Å². The molecule has 0 saturated heterocycles. The summed E-state index contributed by atoms with van der Waals surface area (Å²) in [7, 11) is 0. The first-order valence-corrected chi connectivity index (χ1v) is 13.4. The lowest BCUT2D eigenvalue weighted by molar-refractivity contribution is -0.140. The van der Waals surface area contributed by atoms with E-state index in [2.05, 4.69) is 34.6 Å². The minimum atomic E-state index is -1.17. The van der Waals surface area contributed by atoms with Crippen molar-refractivity contribution in [3.05, 3.63) is 118 Å². The number of nitrogens with zero attached hydrogens (tertiary/aromatic N) is 1. The number of aliphatic carboxylic acids is 1. The first-order valence-electron chi connectivity index (χ1n) is 13.0. The van der Waals surface area contributed by atoms with Gasteiger partial charge in [-0.3, -0.25) is 14.6 Å². The zero-order valence-electron chi connectivity index (χ0n) is 22.3. The number of benzene rings is 3. The third-order valence-corrected chi connectivity index (χ3v) is 7.23. The number of halogens is 1. The summed E-state index contributed by atoms with van der Waals surface area (Å²) < 4.78 is 5.84. The molecule has 206 valence electrons. The van der Waals surface area contributed by atoms with Crippen LogP contribution in [0.3, 0.4) is 0 Å². The minimum absolute atomic E-state index is 0.0233. The van der Waals surface area contributed by atoms with Crippen molar-refractivity contribution in [2.75, 3.05) is 13.2 Å². The zero-order valence-corrected chi connectivity index (χ0v) is 23.1. The summed E-state index contributed by atoms with van der Waals surface area (Å²) in [5.74, 6) is -3.93. The monoisotopic (exact) mass is 558 g/mol. The highest BCUT2D eigenvalue weighted by atomic mass is 35.5. The van der Waals surface area contributed by atoms with Crippen molar-refractivity contribution in [2.24, 2.45) is 10.9 Å². The third-order valence-electron chi connectivity index (χ3n) is 7.00. The summed E-state index contributed by atoms with van der Waals surface area (Å²) in [4.78, 5) is 42.5. The van der Waals surface area contributed by atoms with Crippen LogP contribution in [0.1, 0.15) is 48.8 Å². The first-order chi connectivity index (χ1) is 19.3. The van der Waals surface area contributed by atoms with Gasteiger partial charge in [-0.1, -0.05) is 84.4 Å². The molecule has 0 aromatic heterocycles. The molecule has 0 radical (unpaired) electrons. The Morgan fingerprint density at radius 1 is 0.950 bits per heavy atom. The van der Waals surface area contributed by atoms with Crippen molar-refractivity contribution in [2.45, 2.75) is 32.1 Å². The molecule has 8 heteroatoms. The van der Waals surface area contributed by atoms with Gasteiger partial charge in [0.25, 0.3) is 0 Å². The molecule has 0 aliphatic carbocycles. The lowest BCUT2D eigenvalue weighted by atomic mass is 9.75. The molecule has 0 spiro atoms. The number of allylic oxidation sites excluding steroid dienone is 1. The van der Waals surface area contributed by atoms with E-state index in [0.717, 1.165) is 11.1 Å². The lowest BCUT2D eigenvalue weighted by Gasteiger charge is -2.32. The number of ether oxygens (including phenoxy) is 1. The number of amides is 1. The van der Waals surface area contributed by atoms with E-state index in [9.17, 15) is 14.4 Å². The number of carbonyl (C=O) groups excluding carboxylic acids is 2. The second-order valence-electron chi connectivity index (χ2n) is 9.67. The van der Waals surface area contributed by atoms with E-state index in [-0.39, 0.29) is 18.1 Å². The Hall–Kier alpha value is -4.23. The topological polar surface area (TPSA) is 105 Å². The van der Waals surface area contributed by atoms with Crippen LogP contribution in [0.5, 0.6) is 0 Å². The minimum Gasteiger partial charge on any atom is -0.480 e. The van der Waals surface area contributed by atoms with Crippen molar-refractivity contribution in [3.8, 4) is 0 Å². The highest BCUT2D eigenvalue weighted by Gasteiger charge is 2.41. The number of hydrogen-bond acceptors (Lipinski definition) is 5. The molecule has 2 unspecified atom stereocenters. The van der Waals surface area contributed by atoms with Crippen molar-refractivity contribution in [1.82, 2.24) is 5.32 Å². The molecule has 3 aromatic carbocycles. The Morgan fingerprint density at radius 3 is 2.15 bits per heavy atom. The van der Waals surface area contributed by atoms with Crippen LogP contribution >= 0.6 is 11.6 Å². The number of carboxylic acids is 1. The first kappa shape index (κ1) is 28.8. The molecule has 2 N–H and O–H groups in total. The second kappa shape index (κ2) is 13.2. The van der Waals surface area contributed by atoms with Gasteiger partial charge >= 0.3 is 11.9 Å². The van der Waals surface area contributed by atoms with Gasteiger partial charge in [0.1, 0.15) is 6.54 Å². The van der Waals surface area contributed by atoms with Gasteiger partial charge in [-0.25, -0.2) is 4.79 Å². The van der Waals surface area contributed by atoms with Crippen molar-refractivity contribution in [1.29, 1.82) is 0 Å². The predicted octanol–water partition coefficient (Wildman–Crippen LogP) is 5.75. The maximum Gasteiger partial charge on any atom is 0.336 e. The van der Waals surface area contributed by atoms with Crippen LogP contribution in [0.25, 0.3) is 0 Å². The van der Waals surface area contributed by atoms with Gasteiger partial charge in [-0.05, 0) is 49.1 Å². The standard InChI is InChI=1S/C32H31ClN2O5/c1-20-28(31(38)34-19-27(36)37)30(24-14-9-15-25(33)18-24)29(21(2)35-20)32(39)40-17-16-26(22-10-5-3-6-11-22)23-12-7-4-8-13-23/h3-15,18,26,28,30H,16-17,19H2,1-2H3,(H,34,38)(H,36,37). The molecule has 3 aromatic rings. The van der Waals surface area contributed by atoms with E-state index in [4.69, 9.17) is 21.4 Å². The predicted molar refractivity (Wildman–Crippen MR) is 154 cm³/mol. The highest BCUT2D eigenvalue weighted by Crippen LogP contribution is 2.40. The SMILES string of the molecule is CC1=NC(C)=C(C(=O)OCCC(c2ccccc2)c2ccccc2)C(c2cccc(Cl)c2)C1C(=O)NCC(=O)O. The van der Waals surface area contributed by atoms with Crippen LogP contribution in [0, 0.1) is 5.92 Å². The summed E-state index contributed by atoms with van der Waals surface area (Å²) in [6.07, 6.45) is 0.554. The molecule has 2 atom stereocenters. The maximum absolute atomic E-state index is 13.7. The maximum atomic E-state index is 13.7. The van der Waals surface area contributed by atoms with E-state index in [0.29, 0.717) is 28.4 Å². The van der Waals surface area contributed by atoms with Crippen molar-refractivity contribution >= 4 is 35.2 Å². The van der Waals surface area contributed by atoms with Crippen molar-refractivity contribution < 1.29 is 24.2 Å². The van der Waals surface area contributed by atoms with E-state index < -0.39 is 36.2 Å². The number of carbonyl (C=O) groups is 3. The summed E-state index contributed by atoms with van der Waals surface area (Å²) in [5.41, 5.74) is 4.02. The number of carboxylic acid groups (broad SMARTS) is 1. The normalized spacial score (nSPS) is 16.9. The number of hydrogen-bond donors (Lipinski definition) is 2. The largest absolute Gasteiger partial charge is 0.480 e. The van der Waals surface area contributed by atoms with Crippen LogP contribution in [-0.4, -0.2) is 41.8 Å². The van der Waals surface area contributed by atoms with Crippen LogP contribution in [0.4, 0.5) is 0 Å². The van der Waals surface area contributed by atoms with E-state index in [1.54, 1.807) is 38.1 Å². The van der Waals surface area contributed by atoms with Crippen LogP contribution in [0.15, 0.2) is 101 Å². The highest BCUT2D eigenvalue weighted by molar-refractivity contribution is 6.30. The molecule has 1 aliphatic rings. The molecule has 7 nitrogen and oxygen atoms in total. The number of rotatable bonds is 10. The summed E-state index contributed by atoms with van der Waals surface area (Å²) in [6.45, 7) is 3.00. The van der Waals surface area contributed by atoms with Crippen LogP contribution in [0.2, 0.25) is 5.02 Å². The molecule has 0 fully saturated rings. The Balaban J connectivity index is 1.61. The van der Waals surface area contributed by atoms with E-state index in [1.807, 2.05) is 36.4 Å². The quantitative estimate of drug-likeness (QED) is 0.308. The van der Waals surface area contributed by atoms with E-state index in [1.165, 1.54) is 0 Å². The van der Waals surface area contributed by atoms with Gasteiger partial charge in [0, 0.05) is 28.3 Å². The fourth-order valence-corrected chi connectivity index (χ4v) is 5.42. The van der Waals surface area contributed by atoms with Crippen molar-refractivity contribution in [3.63, 3.8) is 0 Å². The molecule has 1 heterocycles. The molecule has 4 rings (SSSR count). The average molecular weight is 559 g/mol. The number of aliphatic imine (C=N–C) groups is 1. The number of nitrogens with one attached hydrogen (secondary N) is 1. The Kier molecular flexibility index (Phi) is 9.51. The molecule has 0 saturated carbocycles. The summed E-state index contributed by atoms with van der Waals surface area (Å²) >= 11 is 6.29. The zero-order chi connectivity index (χ0) is 28.6. The Labute approximate surface area is 238 Å². The lowest BCUT2D eigenvalue weighted by Crippen LogP contribution is -2.43. The molecule has 0 bridgehead atoms. The van der Waals surface area contributed by atoms with Gasteiger partial charge in [0.15, 0.2) is 0 Å². The molecular weight excluding hydrogens is 528 g/mol. The molecule has 40 heavy (non-hydrogen) atoms. The van der Waals surface area contributed by atoms with Gasteiger partial charge in [0.05, 0.1) is 18.1 Å². The smallest absolute Gasteiger partial charge is 0.336 e. The Bertz CT molecular complexity index is 1400. The fraction of sp³-hybridized carbons (Fsp3) is 0.250. The third kappa shape index (κ3) is 6.85. The fourth-order valence-electron chi connectivity index (χ4n) is 5.22. The van der Waals surface area contributed by atoms with Gasteiger partial charge < -0.3 is 15.2 Å².